The minimum absolute atomic E-state index is 0. The van der Waals surface area contributed by atoms with E-state index in [1.807, 2.05) is 18.6 Å². The first-order chi connectivity index (χ1) is 2.89. The molecule has 0 spiro atoms. The van der Waals surface area contributed by atoms with Gasteiger partial charge in [0.05, 0.1) is 0 Å². The Kier molecular flexibility index (Phi) is 10.3. The van der Waals surface area contributed by atoms with Crippen molar-refractivity contribution in [2.45, 2.75) is 6.42 Å². The molecule has 0 aromatic carbocycles. The summed E-state index contributed by atoms with van der Waals surface area (Å²) < 4.78 is 1.50. The summed E-state index contributed by atoms with van der Waals surface area (Å²) in [5.74, 6) is 0. The second-order valence-corrected chi connectivity index (χ2v) is 2.86. The van der Waals surface area contributed by atoms with Crippen LogP contribution in [0.25, 0.3) is 0 Å². The molecule has 0 atom stereocenters. The standard InChI is InChI=1S/C5H5.2HI.Os/c1-2-4-5-3-1;;;/h1-3H,4H2;2*1H;/q;;;+2/p-2. The van der Waals surface area contributed by atoms with Crippen molar-refractivity contribution in [3.8, 4) is 0 Å². The summed E-state index contributed by atoms with van der Waals surface area (Å²) >= 11 is 1.96. The van der Waals surface area contributed by atoms with Gasteiger partial charge in [0, 0.05) is 0 Å². The molecule has 0 aromatic heterocycles. The van der Waals surface area contributed by atoms with Crippen molar-refractivity contribution in [3.05, 3.63) is 22.4 Å². The van der Waals surface area contributed by atoms with Crippen LogP contribution >= 0.6 is 0 Å². The van der Waals surface area contributed by atoms with E-state index in [1.165, 1.54) is 10.5 Å². The summed E-state index contributed by atoms with van der Waals surface area (Å²) in [5, 5.41) is 0. The van der Waals surface area contributed by atoms with Crippen molar-refractivity contribution in [2.75, 3.05) is 0 Å². The molecule has 0 amide bonds. The van der Waals surface area contributed by atoms with E-state index >= 15 is 0 Å². The van der Waals surface area contributed by atoms with Gasteiger partial charge < -0.3 is 48.0 Å². The fraction of sp³-hybridized carbons (Fsp3) is 0.200. The van der Waals surface area contributed by atoms with Gasteiger partial charge in [-0.25, -0.2) is 0 Å². The summed E-state index contributed by atoms with van der Waals surface area (Å²) in [6, 6.07) is 0. The van der Waals surface area contributed by atoms with Gasteiger partial charge in [-0.15, -0.1) is 0 Å². The molecule has 1 aliphatic carbocycles. The fourth-order valence-electron chi connectivity index (χ4n) is 0.416. The minimum atomic E-state index is 0. The first kappa shape index (κ1) is 12.3. The zero-order valence-electron chi connectivity index (χ0n) is 4.05. The van der Waals surface area contributed by atoms with E-state index in [0.29, 0.717) is 0 Å². The maximum atomic E-state index is 2.17. The van der Waals surface area contributed by atoms with Crippen molar-refractivity contribution in [1.29, 1.82) is 0 Å². The second-order valence-electron chi connectivity index (χ2n) is 1.23. The van der Waals surface area contributed by atoms with Crippen LogP contribution in [0.15, 0.2) is 22.4 Å². The van der Waals surface area contributed by atoms with Crippen LogP contribution < -0.4 is 48.0 Å². The molecule has 0 nitrogen and oxygen atoms in total. The normalized spacial score (nSPS) is 13.8. The third-order valence-corrected chi connectivity index (χ3v) is 1.66. The van der Waals surface area contributed by atoms with E-state index in [9.17, 15) is 0 Å². The van der Waals surface area contributed by atoms with Crippen molar-refractivity contribution < 1.29 is 66.6 Å². The molecule has 0 radical (unpaired) electrons. The first-order valence-electron chi connectivity index (χ1n) is 1.89. The second kappa shape index (κ2) is 6.69. The number of hydrogen-bond donors (Lipinski definition) is 0. The van der Waals surface area contributed by atoms with E-state index in [0.717, 1.165) is 0 Å². The van der Waals surface area contributed by atoms with Crippen LogP contribution in [0.2, 0.25) is 0 Å². The number of allylic oxidation sites excluding steroid dienone is 4. The molecule has 0 saturated heterocycles. The van der Waals surface area contributed by atoms with Gasteiger partial charge in [0.2, 0.25) is 0 Å². The van der Waals surface area contributed by atoms with Gasteiger partial charge in [-0.1, -0.05) is 0 Å². The van der Waals surface area contributed by atoms with E-state index in [1.54, 1.807) is 0 Å². The van der Waals surface area contributed by atoms with E-state index < -0.39 is 0 Å². The summed E-state index contributed by atoms with van der Waals surface area (Å²) in [4.78, 5) is 0. The molecule has 1 aliphatic rings. The molecule has 0 unspecified atom stereocenters. The Morgan fingerprint density at radius 3 is 2.12 bits per heavy atom. The van der Waals surface area contributed by atoms with E-state index in [-0.39, 0.29) is 48.0 Å². The third kappa shape index (κ3) is 4.45. The molecular formula is C5H5I2Os. The molecule has 0 fully saturated rings. The quantitative estimate of drug-likeness (QED) is 0.289. The molecule has 0 bridgehead atoms. The third-order valence-electron chi connectivity index (χ3n) is 0.717. The Hall–Kier alpha value is 1.58. The van der Waals surface area contributed by atoms with Gasteiger partial charge in [-0.3, -0.25) is 0 Å². The van der Waals surface area contributed by atoms with E-state index in [2.05, 4.69) is 18.2 Å². The molecule has 0 aliphatic heterocycles. The molecule has 0 N–H and O–H groups in total. The SMILES string of the molecule is [I-].[I-].[Os+2][C]1=CC=CC1. The van der Waals surface area contributed by atoms with Crippen molar-refractivity contribution >= 4 is 0 Å². The van der Waals surface area contributed by atoms with Crippen LogP contribution in [0.5, 0.6) is 0 Å². The van der Waals surface area contributed by atoms with Crippen molar-refractivity contribution in [3.63, 3.8) is 0 Å². The van der Waals surface area contributed by atoms with Crippen molar-refractivity contribution in [2.24, 2.45) is 0 Å². The number of rotatable bonds is 0. The van der Waals surface area contributed by atoms with Gasteiger partial charge >= 0.3 is 47.4 Å². The fourth-order valence-corrected chi connectivity index (χ4v) is 0.960. The molecule has 0 aromatic rings. The topological polar surface area (TPSA) is 0 Å². The molecule has 8 heavy (non-hydrogen) atoms. The van der Waals surface area contributed by atoms with Crippen LogP contribution in [0.3, 0.4) is 0 Å². The zero-order chi connectivity index (χ0) is 4.41. The maximum absolute atomic E-state index is 2.17. The average Bonchev–Trinajstić information content (AvgIpc) is 1.86. The summed E-state index contributed by atoms with van der Waals surface area (Å²) in [5.41, 5.74) is 0. The van der Waals surface area contributed by atoms with Gasteiger partial charge in [-0.05, 0) is 0 Å². The predicted molar refractivity (Wildman–Crippen MR) is 21.8 cm³/mol. The molecule has 0 saturated carbocycles. The zero-order valence-corrected chi connectivity index (χ0v) is 10.9. The molecule has 0 heterocycles. The monoisotopic (exact) mass is 511 g/mol. The summed E-state index contributed by atoms with van der Waals surface area (Å²) in [7, 11) is 0. The van der Waals surface area contributed by atoms with Gasteiger partial charge in [0.15, 0.2) is 0 Å². The van der Waals surface area contributed by atoms with Crippen LogP contribution in [0, 0.1) is 0 Å². The van der Waals surface area contributed by atoms with E-state index in [4.69, 9.17) is 0 Å². The van der Waals surface area contributed by atoms with Crippen LogP contribution in [-0.2, 0) is 18.6 Å². The molecular weight excluding hydrogens is 504 g/mol. The summed E-state index contributed by atoms with van der Waals surface area (Å²) in [6.45, 7) is 0. The first-order valence-corrected chi connectivity index (χ1v) is 3.16. The summed E-state index contributed by atoms with van der Waals surface area (Å²) in [6.07, 6.45) is 7.60. The average molecular weight is 509 g/mol. The van der Waals surface area contributed by atoms with Crippen molar-refractivity contribution in [1.82, 2.24) is 0 Å². The Balaban J connectivity index is 0. The number of halogens is 2. The molecule has 47 valence electrons. The van der Waals surface area contributed by atoms with Gasteiger partial charge in [0.25, 0.3) is 0 Å². The Labute approximate surface area is 94.1 Å². The van der Waals surface area contributed by atoms with Crippen LogP contribution in [0.4, 0.5) is 0 Å². The predicted octanol–water partition coefficient (Wildman–Crippen LogP) is -4.61. The Bertz CT molecular complexity index is 107. The van der Waals surface area contributed by atoms with Crippen LogP contribution in [0.1, 0.15) is 6.42 Å². The number of hydrogen-bond acceptors (Lipinski definition) is 0. The Morgan fingerprint density at radius 2 is 2.00 bits per heavy atom. The Morgan fingerprint density at radius 1 is 1.38 bits per heavy atom. The van der Waals surface area contributed by atoms with Gasteiger partial charge in [-0.2, -0.15) is 0 Å². The van der Waals surface area contributed by atoms with Crippen LogP contribution in [-0.4, -0.2) is 0 Å². The van der Waals surface area contributed by atoms with Gasteiger partial charge in [0.1, 0.15) is 0 Å². The molecule has 3 heteroatoms. The molecule has 1 rings (SSSR count).